The summed E-state index contributed by atoms with van der Waals surface area (Å²) in [6.45, 7) is 5.19. The Morgan fingerprint density at radius 1 is 1.18 bits per heavy atom. The van der Waals surface area contributed by atoms with Crippen molar-refractivity contribution >= 4 is 22.5 Å². The zero-order chi connectivity index (χ0) is 15.5. The van der Waals surface area contributed by atoms with Crippen molar-refractivity contribution in [3.8, 4) is 5.88 Å². The summed E-state index contributed by atoms with van der Waals surface area (Å²) in [5.41, 5.74) is 3.08. The first-order valence-corrected chi connectivity index (χ1v) is 7.33. The second-order valence-corrected chi connectivity index (χ2v) is 5.10. The number of aryl methyl sites for hydroxylation is 2. The number of hydrogen-bond acceptors (Lipinski definition) is 5. The van der Waals surface area contributed by atoms with Crippen LogP contribution < -0.4 is 10.1 Å². The number of nitrogens with zero attached hydrogens (tertiary/aromatic N) is 4. The third-order valence-corrected chi connectivity index (χ3v) is 3.51. The normalized spacial score (nSPS) is 10.9. The minimum absolute atomic E-state index is 0.495. The van der Waals surface area contributed by atoms with Crippen LogP contribution in [0.15, 0.2) is 30.3 Å². The standard InChI is InChI=1S/C16H19N5O/c1-4-9-21-11(2)17-13-10-12(5-6-14(13)21)18-15-7-8-16(22-3)20-19-15/h5-8,10H,4,9H2,1-3H3,(H,18,19). The first kappa shape index (κ1) is 14.3. The third-order valence-electron chi connectivity index (χ3n) is 3.51. The van der Waals surface area contributed by atoms with Gasteiger partial charge in [-0.05, 0) is 37.6 Å². The Labute approximate surface area is 129 Å². The molecule has 0 unspecified atom stereocenters. The second-order valence-electron chi connectivity index (χ2n) is 5.10. The fourth-order valence-corrected chi connectivity index (χ4v) is 2.48. The van der Waals surface area contributed by atoms with E-state index < -0.39 is 0 Å². The van der Waals surface area contributed by atoms with Gasteiger partial charge < -0.3 is 14.6 Å². The molecule has 0 fully saturated rings. The molecule has 0 amide bonds. The SMILES string of the molecule is CCCn1c(C)nc2cc(Nc3ccc(OC)nn3)ccc21. The lowest BCUT2D eigenvalue weighted by molar-refractivity contribution is 0.392. The van der Waals surface area contributed by atoms with Crippen molar-refractivity contribution in [2.75, 3.05) is 12.4 Å². The molecule has 0 spiro atoms. The zero-order valence-electron chi connectivity index (χ0n) is 13.0. The van der Waals surface area contributed by atoms with E-state index in [9.17, 15) is 0 Å². The van der Waals surface area contributed by atoms with Gasteiger partial charge in [-0.25, -0.2) is 4.98 Å². The maximum Gasteiger partial charge on any atom is 0.233 e. The molecule has 3 aromatic rings. The van der Waals surface area contributed by atoms with Crippen LogP contribution in [0.5, 0.6) is 5.88 Å². The number of anilines is 2. The third kappa shape index (κ3) is 2.72. The van der Waals surface area contributed by atoms with Gasteiger partial charge in [-0.15, -0.1) is 10.2 Å². The molecule has 1 N–H and O–H groups in total. The lowest BCUT2D eigenvalue weighted by Crippen LogP contribution is -1.99. The Bertz CT molecular complexity index is 779. The van der Waals surface area contributed by atoms with Crippen LogP contribution in [0.1, 0.15) is 19.2 Å². The first-order chi connectivity index (χ1) is 10.7. The molecule has 6 nitrogen and oxygen atoms in total. The van der Waals surface area contributed by atoms with Gasteiger partial charge in [-0.1, -0.05) is 6.92 Å². The largest absolute Gasteiger partial charge is 0.480 e. The average molecular weight is 297 g/mol. The molecule has 1 aromatic carbocycles. The summed E-state index contributed by atoms with van der Waals surface area (Å²) in [4.78, 5) is 4.63. The number of hydrogen-bond donors (Lipinski definition) is 1. The van der Waals surface area contributed by atoms with Crippen LogP contribution in [-0.4, -0.2) is 26.9 Å². The maximum atomic E-state index is 5.00. The number of benzene rings is 1. The van der Waals surface area contributed by atoms with Crippen LogP contribution in [0, 0.1) is 6.92 Å². The van der Waals surface area contributed by atoms with E-state index in [4.69, 9.17) is 4.74 Å². The molecule has 0 bridgehead atoms. The van der Waals surface area contributed by atoms with Gasteiger partial charge in [0.2, 0.25) is 5.88 Å². The molecule has 2 heterocycles. The molecule has 22 heavy (non-hydrogen) atoms. The van der Waals surface area contributed by atoms with Crippen molar-refractivity contribution in [2.24, 2.45) is 0 Å². The lowest BCUT2D eigenvalue weighted by Gasteiger charge is -2.07. The van der Waals surface area contributed by atoms with Crippen LogP contribution >= 0.6 is 0 Å². The smallest absolute Gasteiger partial charge is 0.233 e. The van der Waals surface area contributed by atoms with Crippen molar-refractivity contribution in [2.45, 2.75) is 26.8 Å². The molecule has 2 aromatic heterocycles. The Morgan fingerprint density at radius 3 is 2.73 bits per heavy atom. The fourth-order valence-electron chi connectivity index (χ4n) is 2.48. The predicted molar refractivity (Wildman–Crippen MR) is 86.6 cm³/mol. The van der Waals surface area contributed by atoms with Crippen LogP contribution in [0.2, 0.25) is 0 Å². The minimum atomic E-state index is 0.495. The summed E-state index contributed by atoms with van der Waals surface area (Å²) < 4.78 is 7.24. The summed E-state index contributed by atoms with van der Waals surface area (Å²) in [7, 11) is 1.57. The van der Waals surface area contributed by atoms with E-state index in [0.717, 1.165) is 35.5 Å². The fraction of sp³-hybridized carbons (Fsp3) is 0.312. The van der Waals surface area contributed by atoms with Gasteiger partial charge in [-0.2, -0.15) is 0 Å². The number of nitrogens with one attached hydrogen (secondary N) is 1. The number of imidazole rings is 1. The Balaban J connectivity index is 1.88. The summed E-state index contributed by atoms with van der Waals surface area (Å²) in [6, 6.07) is 9.75. The summed E-state index contributed by atoms with van der Waals surface area (Å²) in [5, 5.41) is 11.2. The lowest BCUT2D eigenvalue weighted by atomic mass is 10.2. The number of ether oxygens (including phenoxy) is 1. The van der Waals surface area contributed by atoms with Gasteiger partial charge in [0, 0.05) is 18.3 Å². The highest BCUT2D eigenvalue weighted by atomic mass is 16.5. The first-order valence-electron chi connectivity index (χ1n) is 7.33. The number of rotatable bonds is 5. The highest BCUT2D eigenvalue weighted by molar-refractivity contribution is 5.81. The molecule has 0 aliphatic carbocycles. The summed E-state index contributed by atoms with van der Waals surface area (Å²) in [6.07, 6.45) is 1.09. The quantitative estimate of drug-likeness (QED) is 0.782. The summed E-state index contributed by atoms with van der Waals surface area (Å²) >= 11 is 0. The van der Waals surface area contributed by atoms with E-state index in [1.807, 2.05) is 25.1 Å². The van der Waals surface area contributed by atoms with Crippen molar-refractivity contribution in [1.29, 1.82) is 0 Å². The van der Waals surface area contributed by atoms with Crippen LogP contribution in [0.4, 0.5) is 11.5 Å². The molecule has 0 aliphatic heterocycles. The summed E-state index contributed by atoms with van der Waals surface area (Å²) in [5.74, 6) is 2.21. The molecule has 0 aliphatic rings. The Kier molecular flexibility index (Phi) is 3.91. The average Bonchev–Trinajstić information content (AvgIpc) is 2.84. The van der Waals surface area contributed by atoms with Gasteiger partial charge in [0.25, 0.3) is 0 Å². The van der Waals surface area contributed by atoms with E-state index in [-0.39, 0.29) is 0 Å². The zero-order valence-corrected chi connectivity index (χ0v) is 13.0. The molecule has 0 atom stereocenters. The highest BCUT2D eigenvalue weighted by Crippen LogP contribution is 2.23. The molecule has 0 saturated carbocycles. The van der Waals surface area contributed by atoms with E-state index >= 15 is 0 Å². The van der Waals surface area contributed by atoms with Crippen molar-refractivity contribution < 1.29 is 4.74 Å². The molecular weight excluding hydrogens is 278 g/mol. The van der Waals surface area contributed by atoms with Gasteiger partial charge >= 0.3 is 0 Å². The maximum absolute atomic E-state index is 5.00. The molecule has 114 valence electrons. The Hall–Kier alpha value is -2.63. The number of methoxy groups -OCH3 is 1. The van der Waals surface area contributed by atoms with Crippen LogP contribution in [0.3, 0.4) is 0 Å². The van der Waals surface area contributed by atoms with Gasteiger partial charge in [-0.3, -0.25) is 0 Å². The highest BCUT2D eigenvalue weighted by Gasteiger charge is 2.08. The van der Waals surface area contributed by atoms with E-state index in [1.54, 1.807) is 13.2 Å². The minimum Gasteiger partial charge on any atom is -0.480 e. The van der Waals surface area contributed by atoms with E-state index in [0.29, 0.717) is 11.7 Å². The second kappa shape index (κ2) is 6.01. The number of fused-ring (bicyclic) bond motifs is 1. The van der Waals surface area contributed by atoms with Gasteiger partial charge in [0.15, 0.2) is 5.82 Å². The van der Waals surface area contributed by atoms with Crippen molar-refractivity contribution in [3.05, 3.63) is 36.2 Å². The monoisotopic (exact) mass is 297 g/mol. The molecule has 0 saturated heterocycles. The van der Waals surface area contributed by atoms with Crippen LogP contribution in [0.25, 0.3) is 11.0 Å². The molecule has 3 rings (SSSR count). The molecule has 0 radical (unpaired) electrons. The Morgan fingerprint density at radius 2 is 2.05 bits per heavy atom. The molecular formula is C16H19N5O. The van der Waals surface area contributed by atoms with Gasteiger partial charge in [0.1, 0.15) is 5.82 Å². The predicted octanol–water partition coefficient (Wildman–Crippen LogP) is 3.30. The molecule has 6 heteroatoms. The number of aromatic nitrogens is 4. The van der Waals surface area contributed by atoms with Crippen molar-refractivity contribution in [3.63, 3.8) is 0 Å². The van der Waals surface area contributed by atoms with Crippen molar-refractivity contribution in [1.82, 2.24) is 19.7 Å². The van der Waals surface area contributed by atoms with Crippen LogP contribution in [-0.2, 0) is 6.54 Å². The van der Waals surface area contributed by atoms with E-state index in [1.165, 1.54) is 0 Å². The van der Waals surface area contributed by atoms with E-state index in [2.05, 4.69) is 38.1 Å². The van der Waals surface area contributed by atoms with Gasteiger partial charge in [0.05, 0.1) is 18.1 Å². The topological polar surface area (TPSA) is 64.9 Å².